The van der Waals surface area contributed by atoms with Crippen LogP contribution in [0.4, 0.5) is 0 Å². The van der Waals surface area contributed by atoms with E-state index in [0.29, 0.717) is 5.75 Å². The molecule has 1 rings (SSSR count). The number of hydrogen-bond acceptors (Lipinski definition) is 2. The van der Waals surface area contributed by atoms with Gasteiger partial charge in [-0.3, -0.25) is 0 Å². The molecular formula is C9H11ClO2P+. The first-order chi connectivity index (χ1) is 6.02. The molecule has 1 atom stereocenters. The molecule has 0 aliphatic rings. The van der Waals surface area contributed by atoms with Crippen LogP contribution >= 0.6 is 18.4 Å². The summed E-state index contributed by atoms with van der Waals surface area (Å²) in [6.45, 7) is 3.40. The molecule has 0 N–H and O–H groups in total. The Morgan fingerprint density at radius 2 is 1.85 bits per heavy atom. The van der Waals surface area contributed by atoms with Crippen LogP contribution in [0.2, 0.25) is 0 Å². The number of benzene rings is 1. The lowest BCUT2D eigenvalue weighted by Crippen LogP contribution is -2.21. The van der Waals surface area contributed by atoms with Gasteiger partial charge in [-0.25, -0.2) is 0 Å². The summed E-state index contributed by atoms with van der Waals surface area (Å²) >= 11 is 5.50. The zero-order valence-electron chi connectivity index (χ0n) is 7.53. The number of ether oxygens (including phenoxy) is 1. The molecule has 0 spiro atoms. The summed E-state index contributed by atoms with van der Waals surface area (Å²) in [5.41, 5.74) is 0. The highest BCUT2D eigenvalue weighted by atomic mass is 35.7. The molecule has 0 fully saturated rings. The molecule has 1 aromatic rings. The first kappa shape index (κ1) is 10.5. The first-order valence-corrected chi connectivity index (χ1v) is 6.06. The molecular weight excluding hydrogens is 207 g/mol. The molecule has 0 aliphatic heterocycles. The summed E-state index contributed by atoms with van der Waals surface area (Å²) in [5.74, 6) is 0.677. The minimum absolute atomic E-state index is 0.677. The Hall–Kier alpha value is -0.590. The van der Waals surface area contributed by atoms with Crippen molar-refractivity contribution in [1.82, 2.24) is 0 Å². The maximum absolute atomic E-state index is 11.1. The number of halogens is 1. The van der Waals surface area contributed by atoms with Gasteiger partial charge >= 0.3 is 12.5 Å². The van der Waals surface area contributed by atoms with Crippen LogP contribution in [0.1, 0.15) is 13.8 Å². The average Bonchev–Trinajstić information content (AvgIpc) is 2.05. The molecule has 0 aliphatic carbocycles. The van der Waals surface area contributed by atoms with Crippen LogP contribution in [0.15, 0.2) is 30.3 Å². The highest BCUT2D eigenvalue weighted by Crippen LogP contribution is 2.43. The zero-order chi connectivity index (χ0) is 9.90. The minimum Gasteiger partial charge on any atom is -0.444 e. The molecule has 4 heteroatoms. The predicted octanol–water partition coefficient (Wildman–Crippen LogP) is 3.78. The van der Waals surface area contributed by atoms with Crippen LogP contribution in [0.3, 0.4) is 0 Å². The van der Waals surface area contributed by atoms with Crippen molar-refractivity contribution in [3.05, 3.63) is 30.3 Å². The topological polar surface area (TPSA) is 26.3 Å². The maximum atomic E-state index is 11.1. The minimum atomic E-state index is -1.87. The maximum Gasteiger partial charge on any atom is 0.502 e. The molecule has 0 saturated carbocycles. The normalized spacial score (nSPS) is 12.4. The molecule has 0 saturated heterocycles. The van der Waals surface area contributed by atoms with Crippen molar-refractivity contribution in [2.45, 2.75) is 19.2 Å². The van der Waals surface area contributed by atoms with Crippen molar-refractivity contribution in [1.29, 1.82) is 0 Å². The van der Waals surface area contributed by atoms with Gasteiger partial charge in [0.1, 0.15) is 5.75 Å². The van der Waals surface area contributed by atoms with Crippen molar-refractivity contribution >= 4 is 18.4 Å². The van der Waals surface area contributed by atoms with E-state index in [1.807, 2.05) is 18.2 Å². The Kier molecular flexibility index (Phi) is 3.29. The van der Waals surface area contributed by atoms with Gasteiger partial charge in [0.05, 0.1) is 0 Å². The Morgan fingerprint density at radius 3 is 2.31 bits per heavy atom. The molecule has 0 amide bonds. The number of hydrogen-bond donors (Lipinski definition) is 0. The second kappa shape index (κ2) is 4.08. The van der Waals surface area contributed by atoms with E-state index in [9.17, 15) is 4.57 Å². The summed E-state index contributed by atoms with van der Waals surface area (Å²) in [6.07, 6.45) is 0. The van der Waals surface area contributed by atoms with Gasteiger partial charge in [0.2, 0.25) is 11.2 Å². The van der Waals surface area contributed by atoms with E-state index in [0.717, 1.165) is 0 Å². The van der Waals surface area contributed by atoms with Crippen molar-refractivity contribution < 1.29 is 9.30 Å². The fourth-order valence-electron chi connectivity index (χ4n) is 0.813. The van der Waals surface area contributed by atoms with Crippen molar-refractivity contribution in [2.24, 2.45) is 0 Å². The second-order valence-electron chi connectivity index (χ2n) is 3.11. The highest BCUT2D eigenvalue weighted by Gasteiger charge is 2.41. The molecule has 0 aromatic heterocycles. The number of rotatable bonds is 3. The Balaban J connectivity index is 2.75. The van der Waals surface area contributed by atoms with Gasteiger partial charge in [0.25, 0.3) is 0 Å². The predicted molar refractivity (Wildman–Crippen MR) is 54.6 cm³/mol. The summed E-state index contributed by atoms with van der Waals surface area (Å²) < 4.78 is 16.5. The van der Waals surface area contributed by atoms with E-state index >= 15 is 0 Å². The lowest BCUT2D eigenvalue weighted by Gasteiger charge is -2.13. The molecule has 2 nitrogen and oxygen atoms in total. The zero-order valence-corrected chi connectivity index (χ0v) is 9.18. The van der Waals surface area contributed by atoms with Crippen LogP contribution in [0.5, 0.6) is 5.75 Å². The van der Waals surface area contributed by atoms with Crippen LogP contribution in [0, 0.1) is 0 Å². The Labute approximate surface area is 83.4 Å². The van der Waals surface area contributed by atoms with Crippen LogP contribution in [0.25, 0.3) is 0 Å². The van der Waals surface area contributed by atoms with Crippen molar-refractivity contribution in [3.8, 4) is 5.75 Å². The van der Waals surface area contributed by atoms with E-state index in [1.54, 1.807) is 26.0 Å². The van der Waals surface area contributed by atoms with E-state index in [2.05, 4.69) is 0 Å². The third-order valence-electron chi connectivity index (χ3n) is 1.53. The lowest BCUT2D eigenvalue weighted by atomic mass is 10.3. The SMILES string of the molecule is CC(C)(Oc1ccccc1)[P+](=O)Cl. The summed E-state index contributed by atoms with van der Waals surface area (Å²) in [5, 5.41) is -0.821. The third kappa shape index (κ3) is 2.98. The average molecular weight is 218 g/mol. The molecule has 0 bridgehead atoms. The van der Waals surface area contributed by atoms with Crippen molar-refractivity contribution in [3.63, 3.8) is 0 Å². The standard InChI is InChI=1S/C9H11ClO2P/c1-9(2,13(10)11)12-8-6-4-3-5-7-8/h3-7H,1-2H3/q+1. The van der Waals surface area contributed by atoms with Crippen LogP contribution < -0.4 is 4.74 Å². The molecule has 1 aromatic carbocycles. The van der Waals surface area contributed by atoms with Crippen LogP contribution in [-0.4, -0.2) is 5.34 Å². The van der Waals surface area contributed by atoms with E-state index in [-0.39, 0.29) is 0 Å². The van der Waals surface area contributed by atoms with E-state index in [4.69, 9.17) is 16.0 Å². The third-order valence-corrected chi connectivity index (χ3v) is 3.69. The summed E-state index contributed by atoms with van der Waals surface area (Å²) in [6, 6.07) is 9.20. The second-order valence-corrected chi connectivity index (χ2v) is 5.59. The summed E-state index contributed by atoms with van der Waals surface area (Å²) in [4.78, 5) is 0. The first-order valence-electron chi connectivity index (χ1n) is 3.89. The molecule has 13 heavy (non-hydrogen) atoms. The van der Waals surface area contributed by atoms with Gasteiger partial charge in [-0.15, -0.1) is 0 Å². The van der Waals surface area contributed by atoms with Gasteiger partial charge in [0, 0.05) is 13.8 Å². The Morgan fingerprint density at radius 1 is 1.31 bits per heavy atom. The fourth-order valence-corrected chi connectivity index (χ4v) is 1.09. The fraction of sp³-hybridized carbons (Fsp3) is 0.333. The summed E-state index contributed by atoms with van der Waals surface area (Å²) in [7, 11) is -1.87. The monoisotopic (exact) mass is 217 g/mol. The van der Waals surface area contributed by atoms with Crippen LogP contribution in [-0.2, 0) is 4.57 Å². The van der Waals surface area contributed by atoms with E-state index < -0.39 is 12.5 Å². The van der Waals surface area contributed by atoms with E-state index in [1.165, 1.54) is 0 Å². The Bertz CT molecular complexity index is 298. The molecule has 0 radical (unpaired) electrons. The molecule has 0 heterocycles. The van der Waals surface area contributed by atoms with Crippen molar-refractivity contribution in [2.75, 3.05) is 0 Å². The number of para-hydroxylation sites is 1. The van der Waals surface area contributed by atoms with Gasteiger partial charge in [-0.1, -0.05) is 18.2 Å². The van der Waals surface area contributed by atoms with Gasteiger partial charge in [-0.05, 0) is 16.7 Å². The molecule has 70 valence electrons. The highest BCUT2D eigenvalue weighted by molar-refractivity contribution is 7.74. The molecule has 1 unspecified atom stereocenters. The lowest BCUT2D eigenvalue weighted by molar-refractivity contribution is 0.198. The largest absolute Gasteiger partial charge is 0.502 e. The van der Waals surface area contributed by atoms with Gasteiger partial charge < -0.3 is 4.74 Å². The van der Waals surface area contributed by atoms with Gasteiger partial charge in [0.15, 0.2) is 0 Å². The van der Waals surface area contributed by atoms with Gasteiger partial charge in [-0.2, -0.15) is 0 Å². The quantitative estimate of drug-likeness (QED) is 0.721. The smallest absolute Gasteiger partial charge is 0.444 e.